The van der Waals surface area contributed by atoms with Gasteiger partial charge in [-0.15, -0.1) is 0 Å². The van der Waals surface area contributed by atoms with Gasteiger partial charge in [-0.1, -0.05) is 12.1 Å². The number of aromatic amines is 1. The summed E-state index contributed by atoms with van der Waals surface area (Å²) < 4.78 is 1.77. The van der Waals surface area contributed by atoms with Gasteiger partial charge < -0.3 is 4.98 Å². The van der Waals surface area contributed by atoms with E-state index in [1.54, 1.807) is 4.68 Å². The summed E-state index contributed by atoms with van der Waals surface area (Å²) in [6, 6.07) is 7.71. The third-order valence-electron chi connectivity index (χ3n) is 3.91. The minimum atomic E-state index is 0.0161. The van der Waals surface area contributed by atoms with Crippen molar-refractivity contribution in [2.75, 3.05) is 5.32 Å². The first kappa shape index (κ1) is 12.1. The van der Waals surface area contributed by atoms with Crippen LogP contribution in [0.25, 0.3) is 11.0 Å². The number of H-pyrrole nitrogens is 1. The average molecular weight is 281 g/mol. The first-order chi connectivity index (χ1) is 10.2. The van der Waals surface area contributed by atoms with Crippen LogP contribution >= 0.6 is 0 Å². The average Bonchev–Trinajstić information content (AvgIpc) is 2.99. The zero-order valence-corrected chi connectivity index (χ0v) is 11.6. The summed E-state index contributed by atoms with van der Waals surface area (Å²) in [7, 11) is 1.88. The maximum Gasteiger partial charge on any atom is 0.230 e. The number of benzene rings is 1. The lowest BCUT2D eigenvalue weighted by atomic mass is 10.2. The molecule has 0 spiro atoms. The van der Waals surface area contributed by atoms with Crippen LogP contribution in [-0.2, 0) is 11.8 Å². The molecule has 6 heteroatoms. The van der Waals surface area contributed by atoms with E-state index >= 15 is 0 Å². The molecule has 2 atom stereocenters. The molecule has 21 heavy (non-hydrogen) atoms. The fraction of sp³-hybridized carbons (Fsp3) is 0.267. The number of amides is 1. The van der Waals surface area contributed by atoms with Gasteiger partial charge in [0.15, 0.2) is 0 Å². The van der Waals surface area contributed by atoms with Crippen molar-refractivity contribution in [1.29, 1.82) is 0 Å². The molecule has 0 saturated heterocycles. The number of hydrogen-bond acceptors (Lipinski definition) is 3. The molecule has 3 aromatic rings. The van der Waals surface area contributed by atoms with Gasteiger partial charge in [0.05, 0.1) is 17.2 Å². The van der Waals surface area contributed by atoms with Gasteiger partial charge in [-0.25, -0.2) is 4.98 Å². The zero-order valence-electron chi connectivity index (χ0n) is 11.6. The molecule has 1 saturated carbocycles. The molecule has 0 aliphatic heterocycles. The van der Waals surface area contributed by atoms with Gasteiger partial charge >= 0.3 is 0 Å². The second kappa shape index (κ2) is 4.44. The highest BCUT2D eigenvalue weighted by Gasteiger charge is 2.44. The molecule has 2 unspecified atom stereocenters. The van der Waals surface area contributed by atoms with Crippen LogP contribution in [0.15, 0.2) is 36.7 Å². The highest BCUT2D eigenvalue weighted by molar-refractivity contribution is 5.95. The van der Waals surface area contributed by atoms with E-state index in [0.29, 0.717) is 5.95 Å². The summed E-state index contributed by atoms with van der Waals surface area (Å²) in [4.78, 5) is 19.7. The SMILES string of the molecule is Cn1cc(C2CC2C(=O)Nc2nc3ccccc3[nH]2)cn1. The number of imidazole rings is 1. The Bertz CT molecular complexity index is 785. The summed E-state index contributed by atoms with van der Waals surface area (Å²) >= 11 is 0. The number of carbonyl (C=O) groups is 1. The number of nitrogens with zero attached hydrogens (tertiary/aromatic N) is 3. The molecule has 2 aromatic heterocycles. The maximum absolute atomic E-state index is 12.2. The highest BCUT2D eigenvalue weighted by Crippen LogP contribution is 2.47. The fourth-order valence-corrected chi connectivity index (χ4v) is 2.71. The van der Waals surface area contributed by atoms with Crippen LogP contribution in [0.5, 0.6) is 0 Å². The van der Waals surface area contributed by atoms with Crippen LogP contribution in [0.1, 0.15) is 17.9 Å². The minimum absolute atomic E-state index is 0.0161. The molecule has 1 fully saturated rings. The molecule has 0 bridgehead atoms. The van der Waals surface area contributed by atoms with Gasteiger partial charge in [0.25, 0.3) is 0 Å². The standard InChI is InChI=1S/C15H15N5O/c1-20-8-9(7-16-20)10-6-11(10)14(21)19-15-17-12-4-2-3-5-13(12)18-15/h2-5,7-8,10-11H,6H2,1H3,(H2,17,18,19,21). The Hall–Kier alpha value is -2.63. The molecular weight excluding hydrogens is 266 g/mol. The molecule has 106 valence electrons. The molecular formula is C15H15N5O. The second-order valence-corrected chi connectivity index (χ2v) is 5.49. The summed E-state index contributed by atoms with van der Waals surface area (Å²) in [5, 5.41) is 7.02. The number of fused-ring (bicyclic) bond motifs is 1. The number of aromatic nitrogens is 4. The van der Waals surface area contributed by atoms with Crippen LogP contribution in [0.3, 0.4) is 0 Å². The molecule has 0 radical (unpaired) electrons. The molecule has 6 nitrogen and oxygen atoms in total. The van der Waals surface area contributed by atoms with E-state index in [2.05, 4.69) is 20.4 Å². The molecule has 2 heterocycles. The lowest BCUT2D eigenvalue weighted by Gasteiger charge is -2.00. The van der Waals surface area contributed by atoms with Crippen molar-refractivity contribution in [2.45, 2.75) is 12.3 Å². The summed E-state index contributed by atoms with van der Waals surface area (Å²) in [6.45, 7) is 0. The third-order valence-corrected chi connectivity index (χ3v) is 3.91. The Labute approximate surface area is 121 Å². The Kier molecular flexibility index (Phi) is 2.57. The Morgan fingerprint density at radius 1 is 1.43 bits per heavy atom. The van der Waals surface area contributed by atoms with Crippen LogP contribution in [0.2, 0.25) is 0 Å². The number of carbonyl (C=O) groups excluding carboxylic acids is 1. The topological polar surface area (TPSA) is 75.6 Å². The first-order valence-electron chi connectivity index (χ1n) is 6.95. The first-order valence-corrected chi connectivity index (χ1v) is 6.95. The van der Waals surface area contributed by atoms with Crippen LogP contribution in [-0.4, -0.2) is 25.7 Å². The molecule has 1 aliphatic carbocycles. The predicted molar refractivity (Wildman–Crippen MR) is 78.8 cm³/mol. The summed E-state index contributed by atoms with van der Waals surface area (Å²) in [5.41, 5.74) is 2.90. The minimum Gasteiger partial charge on any atom is -0.324 e. The number of anilines is 1. The second-order valence-electron chi connectivity index (χ2n) is 5.49. The fourth-order valence-electron chi connectivity index (χ4n) is 2.71. The molecule has 4 rings (SSSR count). The number of para-hydroxylation sites is 2. The quantitative estimate of drug-likeness (QED) is 0.771. The van der Waals surface area contributed by atoms with E-state index < -0.39 is 0 Å². The smallest absolute Gasteiger partial charge is 0.230 e. The Morgan fingerprint density at radius 2 is 2.29 bits per heavy atom. The van der Waals surface area contributed by atoms with Gasteiger partial charge in [0, 0.05) is 19.2 Å². The maximum atomic E-state index is 12.2. The monoisotopic (exact) mass is 281 g/mol. The van der Waals surface area contributed by atoms with E-state index in [1.807, 2.05) is 43.7 Å². The van der Waals surface area contributed by atoms with E-state index in [1.165, 1.54) is 0 Å². The van der Waals surface area contributed by atoms with Gasteiger partial charge in [-0.2, -0.15) is 5.10 Å². The summed E-state index contributed by atoms with van der Waals surface area (Å²) in [6.07, 6.45) is 4.68. The molecule has 1 aliphatic rings. The van der Waals surface area contributed by atoms with E-state index in [0.717, 1.165) is 23.0 Å². The Balaban J connectivity index is 1.47. The van der Waals surface area contributed by atoms with Crippen LogP contribution in [0, 0.1) is 5.92 Å². The number of aryl methyl sites for hydroxylation is 1. The van der Waals surface area contributed by atoms with Crippen molar-refractivity contribution >= 4 is 22.9 Å². The van der Waals surface area contributed by atoms with Crippen molar-refractivity contribution in [2.24, 2.45) is 13.0 Å². The normalized spacial score (nSPS) is 20.6. The van der Waals surface area contributed by atoms with Crippen molar-refractivity contribution in [1.82, 2.24) is 19.7 Å². The van der Waals surface area contributed by atoms with E-state index in [-0.39, 0.29) is 17.7 Å². The van der Waals surface area contributed by atoms with E-state index in [9.17, 15) is 4.79 Å². The number of nitrogens with one attached hydrogen (secondary N) is 2. The molecule has 1 amide bonds. The highest BCUT2D eigenvalue weighted by atomic mass is 16.2. The molecule has 2 N–H and O–H groups in total. The largest absolute Gasteiger partial charge is 0.324 e. The van der Waals surface area contributed by atoms with Gasteiger partial charge in [0.1, 0.15) is 0 Å². The lowest BCUT2D eigenvalue weighted by Crippen LogP contribution is -2.15. The number of hydrogen-bond donors (Lipinski definition) is 2. The van der Waals surface area contributed by atoms with Gasteiger partial charge in [0.2, 0.25) is 11.9 Å². The van der Waals surface area contributed by atoms with E-state index in [4.69, 9.17) is 0 Å². The third kappa shape index (κ3) is 2.18. The molecule has 1 aromatic carbocycles. The van der Waals surface area contributed by atoms with Gasteiger partial charge in [-0.3, -0.25) is 14.8 Å². The predicted octanol–water partition coefficient (Wildman–Crippen LogP) is 2.04. The van der Waals surface area contributed by atoms with Crippen LogP contribution in [0.4, 0.5) is 5.95 Å². The Morgan fingerprint density at radius 3 is 3.05 bits per heavy atom. The zero-order chi connectivity index (χ0) is 14.4. The number of rotatable bonds is 3. The summed E-state index contributed by atoms with van der Waals surface area (Å²) in [5.74, 6) is 0.825. The van der Waals surface area contributed by atoms with Gasteiger partial charge in [-0.05, 0) is 30.0 Å². The van der Waals surface area contributed by atoms with Crippen molar-refractivity contribution in [3.05, 3.63) is 42.2 Å². The van der Waals surface area contributed by atoms with Crippen LogP contribution < -0.4 is 5.32 Å². The lowest BCUT2D eigenvalue weighted by molar-refractivity contribution is -0.117. The van der Waals surface area contributed by atoms with Crippen molar-refractivity contribution in [3.8, 4) is 0 Å². The van der Waals surface area contributed by atoms with Crippen molar-refractivity contribution < 1.29 is 4.79 Å². The van der Waals surface area contributed by atoms with Crippen molar-refractivity contribution in [3.63, 3.8) is 0 Å².